The highest BCUT2D eigenvalue weighted by Gasteiger charge is 2.03. The third-order valence-corrected chi connectivity index (χ3v) is 4.56. The van der Waals surface area contributed by atoms with E-state index >= 15 is 0 Å². The van der Waals surface area contributed by atoms with Gasteiger partial charge in [0.25, 0.3) is 0 Å². The first-order valence-electron chi connectivity index (χ1n) is 9.14. The third kappa shape index (κ3) is 6.07. The summed E-state index contributed by atoms with van der Waals surface area (Å²) >= 11 is 0. The highest BCUT2D eigenvalue weighted by molar-refractivity contribution is 5.49. The highest BCUT2D eigenvalue weighted by Crippen LogP contribution is 2.19. The topological polar surface area (TPSA) is 58.5 Å². The van der Waals surface area contributed by atoms with Crippen LogP contribution in [-0.4, -0.2) is 40.3 Å². The van der Waals surface area contributed by atoms with Crippen LogP contribution in [0.25, 0.3) is 0 Å². The van der Waals surface area contributed by atoms with Gasteiger partial charge in [-0.15, -0.1) is 0 Å². The summed E-state index contributed by atoms with van der Waals surface area (Å²) < 4.78 is 0. The minimum atomic E-state index is 0.736. The van der Waals surface area contributed by atoms with E-state index < -0.39 is 0 Å². The molecule has 0 aliphatic rings. The fourth-order valence-corrected chi connectivity index (χ4v) is 2.89. The Morgan fingerprint density at radius 1 is 0.640 bits per heavy atom. The molecule has 4 N–H and O–H groups in total. The molecule has 0 spiro atoms. The van der Waals surface area contributed by atoms with E-state index in [1.54, 1.807) is 0 Å². The predicted molar refractivity (Wildman–Crippen MR) is 110 cm³/mol. The fraction of sp³-hybridized carbons (Fsp3) is 0.429. The lowest BCUT2D eigenvalue weighted by Gasteiger charge is -2.20. The summed E-state index contributed by atoms with van der Waals surface area (Å²) in [6.45, 7) is 3.46. The van der Waals surface area contributed by atoms with E-state index in [9.17, 15) is 0 Å². The highest BCUT2D eigenvalue weighted by atomic mass is 15.1. The van der Waals surface area contributed by atoms with Gasteiger partial charge in [-0.25, -0.2) is 0 Å². The summed E-state index contributed by atoms with van der Waals surface area (Å²) in [5, 5.41) is 0. The molecule has 0 saturated heterocycles. The zero-order valence-electron chi connectivity index (χ0n) is 15.6. The smallest absolute Gasteiger partial charge is 0.0363 e. The molecule has 0 bridgehead atoms. The van der Waals surface area contributed by atoms with Crippen LogP contribution in [-0.2, 0) is 6.42 Å². The Morgan fingerprint density at radius 2 is 1.00 bits per heavy atom. The fourth-order valence-electron chi connectivity index (χ4n) is 2.89. The van der Waals surface area contributed by atoms with E-state index in [2.05, 4.69) is 72.4 Å². The van der Waals surface area contributed by atoms with E-state index in [0.29, 0.717) is 0 Å². The Bertz CT molecular complexity index is 551. The van der Waals surface area contributed by atoms with Gasteiger partial charge in [-0.3, -0.25) is 0 Å². The van der Waals surface area contributed by atoms with Crippen molar-refractivity contribution in [3.05, 3.63) is 59.7 Å². The summed E-state index contributed by atoms with van der Waals surface area (Å²) in [4.78, 5) is 4.51. The van der Waals surface area contributed by atoms with Crippen molar-refractivity contribution in [1.82, 2.24) is 0 Å². The van der Waals surface area contributed by atoms with Crippen LogP contribution in [0.2, 0.25) is 0 Å². The van der Waals surface area contributed by atoms with Crippen LogP contribution in [0.5, 0.6) is 0 Å². The quantitative estimate of drug-likeness (QED) is 0.698. The minimum Gasteiger partial charge on any atom is -0.375 e. The number of hydrogen-bond acceptors (Lipinski definition) is 4. The molecule has 4 heteroatoms. The third-order valence-electron chi connectivity index (χ3n) is 4.56. The maximum absolute atomic E-state index is 5.58. The van der Waals surface area contributed by atoms with Crippen molar-refractivity contribution in [2.45, 2.75) is 19.3 Å². The minimum absolute atomic E-state index is 0.736. The molecule has 0 atom stereocenters. The summed E-state index contributed by atoms with van der Waals surface area (Å²) in [5.74, 6) is 0. The van der Waals surface area contributed by atoms with Gasteiger partial charge in [0.15, 0.2) is 0 Å². The van der Waals surface area contributed by atoms with Crippen molar-refractivity contribution in [3.8, 4) is 0 Å². The van der Waals surface area contributed by atoms with E-state index in [0.717, 1.165) is 45.4 Å². The van der Waals surface area contributed by atoms with E-state index in [1.807, 2.05) is 0 Å². The maximum atomic E-state index is 5.58. The largest absolute Gasteiger partial charge is 0.375 e. The maximum Gasteiger partial charge on any atom is 0.0363 e. The number of nitrogens with two attached hydrogens (primary N) is 2. The van der Waals surface area contributed by atoms with Crippen molar-refractivity contribution >= 4 is 11.4 Å². The van der Waals surface area contributed by atoms with Crippen LogP contribution in [0.4, 0.5) is 11.4 Å². The van der Waals surface area contributed by atoms with Crippen LogP contribution >= 0.6 is 0 Å². The van der Waals surface area contributed by atoms with Crippen molar-refractivity contribution < 1.29 is 0 Å². The van der Waals surface area contributed by atoms with Gasteiger partial charge in [0, 0.05) is 38.6 Å². The zero-order chi connectivity index (χ0) is 18.1. The molecule has 2 rings (SSSR count). The Kier molecular flexibility index (Phi) is 7.76. The molecule has 0 fully saturated rings. The molecule has 136 valence electrons. The lowest BCUT2D eigenvalue weighted by molar-refractivity contribution is 0.795. The summed E-state index contributed by atoms with van der Waals surface area (Å²) in [5.41, 5.74) is 16.3. The van der Waals surface area contributed by atoms with Crippen molar-refractivity contribution in [3.63, 3.8) is 0 Å². The molecular formula is C21H32N4. The number of hydrogen-bond donors (Lipinski definition) is 2. The molecule has 0 aromatic heterocycles. The van der Waals surface area contributed by atoms with E-state index in [1.165, 1.54) is 22.5 Å². The number of nitrogens with zero attached hydrogens (tertiary/aromatic N) is 2. The van der Waals surface area contributed by atoms with Crippen molar-refractivity contribution in [1.29, 1.82) is 0 Å². The van der Waals surface area contributed by atoms with Gasteiger partial charge in [0.2, 0.25) is 0 Å². The average molecular weight is 341 g/mol. The summed E-state index contributed by atoms with van der Waals surface area (Å²) in [6.07, 6.45) is 2.99. The molecule has 4 nitrogen and oxygen atoms in total. The van der Waals surface area contributed by atoms with Gasteiger partial charge >= 0.3 is 0 Å². The molecule has 2 aromatic carbocycles. The number of rotatable bonds is 10. The van der Waals surface area contributed by atoms with Gasteiger partial charge in [0.05, 0.1) is 0 Å². The Balaban J connectivity index is 1.93. The van der Waals surface area contributed by atoms with Crippen LogP contribution in [0.15, 0.2) is 48.5 Å². The molecule has 0 amide bonds. The zero-order valence-corrected chi connectivity index (χ0v) is 15.6. The average Bonchev–Trinajstić information content (AvgIpc) is 2.65. The van der Waals surface area contributed by atoms with Crippen molar-refractivity contribution in [2.24, 2.45) is 11.5 Å². The molecule has 0 unspecified atom stereocenters. The first kappa shape index (κ1) is 19.3. The van der Waals surface area contributed by atoms with Crippen LogP contribution in [0.3, 0.4) is 0 Å². The van der Waals surface area contributed by atoms with Gasteiger partial charge in [0.1, 0.15) is 0 Å². The Hall–Kier alpha value is -2.04. The van der Waals surface area contributed by atoms with E-state index in [-0.39, 0.29) is 0 Å². The number of benzene rings is 2. The molecular weight excluding hydrogens is 308 g/mol. The molecule has 0 radical (unpaired) electrons. The lowest BCUT2D eigenvalue weighted by Crippen LogP contribution is -2.20. The first-order valence-corrected chi connectivity index (χ1v) is 9.14. The molecule has 2 aromatic rings. The lowest BCUT2D eigenvalue weighted by atomic mass is 10.0. The monoisotopic (exact) mass is 340 g/mol. The molecule has 0 saturated carbocycles. The Morgan fingerprint density at radius 3 is 1.32 bits per heavy atom. The van der Waals surface area contributed by atoms with Gasteiger partial charge < -0.3 is 21.3 Å². The molecule has 0 aliphatic heterocycles. The van der Waals surface area contributed by atoms with Crippen molar-refractivity contribution in [2.75, 3.05) is 50.1 Å². The SMILES string of the molecule is CN(CCCN)c1ccc(Cc2ccc(N(C)CCCN)cc2)cc1. The van der Waals surface area contributed by atoms with Crippen LogP contribution < -0.4 is 21.3 Å². The summed E-state index contributed by atoms with van der Waals surface area (Å²) in [7, 11) is 4.23. The normalized spacial score (nSPS) is 10.7. The predicted octanol–water partition coefficient (Wildman–Crippen LogP) is 2.85. The van der Waals surface area contributed by atoms with Crippen LogP contribution in [0.1, 0.15) is 24.0 Å². The first-order chi connectivity index (χ1) is 12.1. The van der Waals surface area contributed by atoms with Crippen LogP contribution in [0, 0.1) is 0 Å². The second-order valence-electron chi connectivity index (χ2n) is 6.64. The van der Waals surface area contributed by atoms with Gasteiger partial charge in [-0.1, -0.05) is 24.3 Å². The molecule has 0 aliphatic carbocycles. The molecule has 0 heterocycles. The second-order valence-corrected chi connectivity index (χ2v) is 6.64. The van der Waals surface area contributed by atoms with E-state index in [4.69, 9.17) is 11.5 Å². The number of anilines is 2. The summed E-state index contributed by atoms with van der Waals surface area (Å²) in [6, 6.07) is 17.7. The molecule has 25 heavy (non-hydrogen) atoms. The Labute approximate surface area is 152 Å². The standard InChI is InChI=1S/C21H32N4/c1-24(15-3-13-22)20-9-5-18(6-10-20)17-19-7-11-21(12-8-19)25(2)16-4-14-23/h5-12H,3-4,13-17,22-23H2,1-2H3. The van der Waals surface area contributed by atoms with Gasteiger partial charge in [-0.05, 0) is 67.7 Å². The second kappa shape index (κ2) is 10.1. The van der Waals surface area contributed by atoms with Gasteiger partial charge in [-0.2, -0.15) is 0 Å².